The van der Waals surface area contributed by atoms with Gasteiger partial charge in [-0.25, -0.2) is 4.39 Å². The Balaban J connectivity index is 2.57. The van der Waals surface area contributed by atoms with Gasteiger partial charge >= 0.3 is 0 Å². The molecule has 1 N–H and O–H groups in total. The van der Waals surface area contributed by atoms with Crippen LogP contribution in [0, 0.1) is 5.82 Å². The Labute approximate surface area is 76.5 Å². The number of para-hydroxylation sites is 1. The van der Waals surface area contributed by atoms with Gasteiger partial charge in [0.1, 0.15) is 5.82 Å². The smallest absolute Gasteiger partial charge is 0.147 e. The average Bonchev–Trinajstić information content (AvgIpc) is 2.03. The number of anilines is 1. The Kier molecular flexibility index (Phi) is 3.41. The molecule has 0 amide bonds. The van der Waals surface area contributed by atoms with E-state index in [1.54, 1.807) is 12.1 Å². The van der Waals surface area contributed by atoms with E-state index in [2.05, 4.69) is 18.6 Å². The molecule has 0 aliphatic rings. The molecular weight excluding hydrogens is 173 g/mol. The number of halogens is 1. The minimum absolute atomic E-state index is 0.203. The maximum atomic E-state index is 13.0. The Morgan fingerprint density at radius 1 is 1.33 bits per heavy atom. The first kappa shape index (κ1) is 9.39. The van der Waals surface area contributed by atoms with Crippen LogP contribution >= 0.6 is 11.9 Å². The number of hydrogen-bond donors (Lipinski definition) is 1. The predicted octanol–water partition coefficient (Wildman–Crippen LogP) is 3.29. The third kappa shape index (κ3) is 2.74. The summed E-state index contributed by atoms with van der Waals surface area (Å²) in [6, 6.07) is 6.67. The molecular formula is C9H12FNS. The highest BCUT2D eigenvalue weighted by molar-refractivity contribution is 8.01. The van der Waals surface area contributed by atoms with Gasteiger partial charge in [-0.05, 0) is 24.1 Å². The van der Waals surface area contributed by atoms with Crippen LogP contribution in [0.4, 0.5) is 10.1 Å². The molecule has 0 fully saturated rings. The van der Waals surface area contributed by atoms with E-state index in [1.165, 1.54) is 18.0 Å². The van der Waals surface area contributed by atoms with Gasteiger partial charge in [0.05, 0.1) is 5.69 Å². The van der Waals surface area contributed by atoms with Crippen LogP contribution in [0.15, 0.2) is 24.3 Å². The van der Waals surface area contributed by atoms with Gasteiger partial charge < -0.3 is 4.72 Å². The molecule has 0 spiro atoms. The SMILES string of the molecule is CC(C)SNc1ccccc1F. The molecule has 12 heavy (non-hydrogen) atoms. The van der Waals surface area contributed by atoms with Gasteiger partial charge in [-0.3, -0.25) is 0 Å². The van der Waals surface area contributed by atoms with E-state index < -0.39 is 0 Å². The van der Waals surface area contributed by atoms with Crippen molar-refractivity contribution in [3.8, 4) is 0 Å². The average molecular weight is 185 g/mol. The van der Waals surface area contributed by atoms with Crippen molar-refractivity contribution in [2.75, 3.05) is 4.72 Å². The number of nitrogens with one attached hydrogen (secondary N) is 1. The van der Waals surface area contributed by atoms with Crippen LogP contribution in [-0.4, -0.2) is 5.25 Å². The zero-order chi connectivity index (χ0) is 8.97. The van der Waals surface area contributed by atoms with Crippen molar-refractivity contribution in [3.05, 3.63) is 30.1 Å². The first-order chi connectivity index (χ1) is 5.70. The number of rotatable bonds is 3. The molecule has 0 aliphatic heterocycles. The summed E-state index contributed by atoms with van der Waals surface area (Å²) < 4.78 is 15.9. The third-order valence-corrected chi connectivity index (χ3v) is 2.09. The van der Waals surface area contributed by atoms with E-state index in [1.807, 2.05) is 6.07 Å². The predicted molar refractivity (Wildman–Crippen MR) is 52.7 cm³/mol. The molecule has 0 heterocycles. The van der Waals surface area contributed by atoms with Crippen molar-refractivity contribution in [2.24, 2.45) is 0 Å². The van der Waals surface area contributed by atoms with E-state index in [0.29, 0.717) is 10.9 Å². The molecule has 0 bridgehead atoms. The van der Waals surface area contributed by atoms with E-state index in [-0.39, 0.29) is 5.82 Å². The molecule has 3 heteroatoms. The number of hydrogen-bond acceptors (Lipinski definition) is 2. The lowest BCUT2D eigenvalue weighted by atomic mass is 10.3. The maximum Gasteiger partial charge on any atom is 0.147 e. The van der Waals surface area contributed by atoms with Crippen molar-refractivity contribution < 1.29 is 4.39 Å². The van der Waals surface area contributed by atoms with Gasteiger partial charge in [-0.1, -0.05) is 26.0 Å². The summed E-state index contributed by atoms with van der Waals surface area (Å²) in [6.45, 7) is 4.11. The van der Waals surface area contributed by atoms with E-state index in [0.717, 1.165) is 0 Å². The topological polar surface area (TPSA) is 12.0 Å². The van der Waals surface area contributed by atoms with Crippen LogP contribution in [0.2, 0.25) is 0 Å². The lowest BCUT2D eigenvalue weighted by Crippen LogP contribution is -1.96. The highest BCUT2D eigenvalue weighted by Crippen LogP contribution is 2.18. The summed E-state index contributed by atoms with van der Waals surface area (Å²) >= 11 is 1.51. The highest BCUT2D eigenvalue weighted by Gasteiger charge is 2.00. The minimum Gasteiger partial charge on any atom is -0.327 e. The van der Waals surface area contributed by atoms with Crippen LogP contribution in [0.3, 0.4) is 0 Å². The molecule has 1 rings (SSSR count). The van der Waals surface area contributed by atoms with Gasteiger partial charge in [0.15, 0.2) is 0 Å². The van der Waals surface area contributed by atoms with Crippen LogP contribution in [0.1, 0.15) is 13.8 Å². The fraction of sp³-hybridized carbons (Fsp3) is 0.333. The maximum absolute atomic E-state index is 13.0. The molecule has 66 valence electrons. The Hall–Kier alpha value is -0.700. The van der Waals surface area contributed by atoms with Crippen LogP contribution in [0.25, 0.3) is 0 Å². The van der Waals surface area contributed by atoms with Crippen molar-refractivity contribution in [3.63, 3.8) is 0 Å². The zero-order valence-corrected chi connectivity index (χ0v) is 7.99. The normalized spacial score (nSPS) is 10.3. The lowest BCUT2D eigenvalue weighted by molar-refractivity contribution is 0.632. The van der Waals surface area contributed by atoms with Crippen LogP contribution in [0.5, 0.6) is 0 Å². The van der Waals surface area contributed by atoms with Crippen LogP contribution in [-0.2, 0) is 0 Å². The van der Waals surface area contributed by atoms with Crippen molar-refractivity contribution in [2.45, 2.75) is 19.1 Å². The molecule has 0 unspecified atom stereocenters. The zero-order valence-electron chi connectivity index (χ0n) is 7.17. The van der Waals surface area contributed by atoms with Gasteiger partial charge in [0, 0.05) is 5.25 Å². The number of benzene rings is 1. The Morgan fingerprint density at radius 3 is 2.58 bits per heavy atom. The lowest BCUT2D eigenvalue weighted by Gasteiger charge is -2.07. The van der Waals surface area contributed by atoms with Gasteiger partial charge in [-0.2, -0.15) is 0 Å². The first-order valence-corrected chi connectivity index (χ1v) is 4.74. The van der Waals surface area contributed by atoms with Crippen molar-refractivity contribution in [1.29, 1.82) is 0 Å². The van der Waals surface area contributed by atoms with E-state index >= 15 is 0 Å². The Bertz CT molecular complexity index is 250. The summed E-state index contributed by atoms with van der Waals surface area (Å²) in [5, 5.41) is 0.449. The standard InChI is InChI=1S/C9H12FNS/c1-7(2)12-11-9-6-4-3-5-8(9)10/h3-7,11H,1-2H3. The van der Waals surface area contributed by atoms with E-state index in [4.69, 9.17) is 0 Å². The van der Waals surface area contributed by atoms with Crippen LogP contribution < -0.4 is 4.72 Å². The summed E-state index contributed by atoms with van der Waals surface area (Å²) in [4.78, 5) is 0. The first-order valence-electron chi connectivity index (χ1n) is 3.86. The van der Waals surface area contributed by atoms with Gasteiger partial charge in [-0.15, -0.1) is 0 Å². The molecule has 0 aliphatic carbocycles. The third-order valence-electron chi connectivity index (χ3n) is 1.28. The second-order valence-electron chi connectivity index (χ2n) is 2.75. The molecule has 1 nitrogen and oxygen atoms in total. The summed E-state index contributed by atoms with van der Waals surface area (Å²) in [6.07, 6.45) is 0. The van der Waals surface area contributed by atoms with Crippen molar-refractivity contribution in [1.82, 2.24) is 0 Å². The second-order valence-corrected chi connectivity index (χ2v) is 4.13. The summed E-state index contributed by atoms with van der Waals surface area (Å²) in [5.41, 5.74) is 0.552. The fourth-order valence-corrected chi connectivity index (χ4v) is 1.25. The molecule has 0 atom stereocenters. The molecule has 0 aromatic heterocycles. The minimum atomic E-state index is -0.203. The Morgan fingerprint density at radius 2 is 2.00 bits per heavy atom. The van der Waals surface area contributed by atoms with E-state index in [9.17, 15) is 4.39 Å². The summed E-state index contributed by atoms with van der Waals surface area (Å²) in [7, 11) is 0. The second kappa shape index (κ2) is 4.36. The molecule has 0 radical (unpaired) electrons. The monoisotopic (exact) mass is 185 g/mol. The molecule has 0 saturated heterocycles. The molecule has 1 aromatic rings. The molecule has 1 aromatic carbocycles. The van der Waals surface area contributed by atoms with Gasteiger partial charge in [0.25, 0.3) is 0 Å². The fourth-order valence-electron chi connectivity index (χ4n) is 0.725. The largest absolute Gasteiger partial charge is 0.327 e. The van der Waals surface area contributed by atoms with Crippen molar-refractivity contribution >= 4 is 17.6 Å². The summed E-state index contributed by atoms with van der Waals surface area (Å²) in [5.74, 6) is -0.203. The highest BCUT2D eigenvalue weighted by atomic mass is 32.2. The quantitative estimate of drug-likeness (QED) is 0.725. The molecule has 0 saturated carbocycles. The van der Waals surface area contributed by atoms with Gasteiger partial charge in [0.2, 0.25) is 0 Å².